The number of hydrogen-bond donors (Lipinski definition) is 0. The third-order valence-electron chi connectivity index (χ3n) is 1.84. The van der Waals surface area contributed by atoms with E-state index in [1.54, 1.807) is 19.1 Å². The van der Waals surface area contributed by atoms with Gasteiger partial charge in [0.15, 0.2) is 0 Å². The first-order valence-corrected chi connectivity index (χ1v) is 6.80. The van der Waals surface area contributed by atoms with Gasteiger partial charge in [-0.15, -0.1) is 11.6 Å². The molecule has 0 aliphatic heterocycles. The van der Waals surface area contributed by atoms with Crippen LogP contribution in [0.5, 0.6) is 0 Å². The first-order valence-electron chi connectivity index (χ1n) is 4.80. The summed E-state index contributed by atoms with van der Waals surface area (Å²) in [4.78, 5) is 0. The standard InChI is InChI=1S/C11H13ClO3S/c1-2-15-16(13,14)8-7-10-3-5-11(9-12)6-4-10/h3-8H,2,9H2,1H3. The van der Waals surface area contributed by atoms with Crippen LogP contribution in [0, 0.1) is 0 Å². The van der Waals surface area contributed by atoms with E-state index in [0.29, 0.717) is 5.88 Å². The Morgan fingerprint density at radius 3 is 2.44 bits per heavy atom. The van der Waals surface area contributed by atoms with Gasteiger partial charge in [0.05, 0.1) is 12.0 Å². The smallest absolute Gasteiger partial charge is 0.267 e. The highest BCUT2D eigenvalue weighted by molar-refractivity contribution is 7.89. The topological polar surface area (TPSA) is 43.4 Å². The van der Waals surface area contributed by atoms with Crippen LogP contribution in [-0.2, 0) is 20.2 Å². The number of halogens is 1. The van der Waals surface area contributed by atoms with Crippen molar-refractivity contribution in [1.82, 2.24) is 0 Å². The van der Waals surface area contributed by atoms with Gasteiger partial charge in [-0.05, 0) is 24.1 Å². The molecule has 0 saturated heterocycles. The highest BCUT2D eigenvalue weighted by atomic mass is 35.5. The molecular formula is C11H13ClO3S. The first-order chi connectivity index (χ1) is 7.57. The molecule has 0 atom stereocenters. The fourth-order valence-electron chi connectivity index (χ4n) is 1.08. The highest BCUT2D eigenvalue weighted by Gasteiger charge is 2.02. The van der Waals surface area contributed by atoms with Gasteiger partial charge >= 0.3 is 0 Å². The Hall–Kier alpha value is -0.840. The second-order valence-corrected chi connectivity index (χ2v) is 4.84. The lowest BCUT2D eigenvalue weighted by atomic mass is 10.1. The van der Waals surface area contributed by atoms with Crippen LogP contribution in [0.15, 0.2) is 29.7 Å². The molecule has 16 heavy (non-hydrogen) atoms. The van der Waals surface area contributed by atoms with Crippen molar-refractivity contribution in [3.63, 3.8) is 0 Å². The van der Waals surface area contributed by atoms with Crippen LogP contribution in [0.25, 0.3) is 6.08 Å². The Kier molecular flexibility index (Phi) is 4.99. The molecule has 0 aromatic heterocycles. The van der Waals surface area contributed by atoms with Gasteiger partial charge in [-0.25, -0.2) is 0 Å². The number of alkyl halides is 1. The summed E-state index contributed by atoms with van der Waals surface area (Å²) in [6.45, 7) is 1.76. The number of rotatable bonds is 5. The van der Waals surface area contributed by atoms with Gasteiger partial charge in [0.25, 0.3) is 10.1 Å². The van der Waals surface area contributed by atoms with Crippen molar-refractivity contribution in [2.45, 2.75) is 12.8 Å². The van der Waals surface area contributed by atoms with E-state index >= 15 is 0 Å². The molecule has 0 heterocycles. The molecular weight excluding hydrogens is 248 g/mol. The lowest BCUT2D eigenvalue weighted by Crippen LogP contribution is -2.00. The summed E-state index contributed by atoms with van der Waals surface area (Å²) in [6, 6.07) is 7.30. The van der Waals surface area contributed by atoms with Crippen molar-refractivity contribution in [3.8, 4) is 0 Å². The molecule has 0 N–H and O–H groups in total. The van der Waals surface area contributed by atoms with Crippen molar-refractivity contribution in [2.75, 3.05) is 6.61 Å². The van der Waals surface area contributed by atoms with Crippen LogP contribution in [0.2, 0.25) is 0 Å². The number of hydrogen-bond acceptors (Lipinski definition) is 3. The van der Waals surface area contributed by atoms with E-state index in [1.165, 1.54) is 6.08 Å². The summed E-state index contributed by atoms with van der Waals surface area (Å²) in [5.74, 6) is 0.446. The van der Waals surface area contributed by atoms with Crippen LogP contribution < -0.4 is 0 Å². The Bertz CT molecular complexity index is 449. The maximum absolute atomic E-state index is 11.2. The van der Waals surface area contributed by atoms with Crippen LogP contribution >= 0.6 is 11.6 Å². The molecule has 0 amide bonds. The van der Waals surface area contributed by atoms with Crippen molar-refractivity contribution < 1.29 is 12.6 Å². The average molecular weight is 261 g/mol. The normalized spacial score (nSPS) is 12.1. The quantitative estimate of drug-likeness (QED) is 0.604. The molecule has 1 rings (SSSR count). The molecule has 0 bridgehead atoms. The zero-order chi connectivity index (χ0) is 12.0. The predicted molar refractivity (Wildman–Crippen MR) is 65.6 cm³/mol. The predicted octanol–water partition coefficient (Wildman–Crippen LogP) is 2.76. The summed E-state index contributed by atoms with van der Waals surface area (Å²) in [5, 5.41) is 1.05. The monoisotopic (exact) mass is 260 g/mol. The fraction of sp³-hybridized carbons (Fsp3) is 0.273. The summed E-state index contributed by atoms with van der Waals surface area (Å²) < 4.78 is 27.0. The summed E-state index contributed by atoms with van der Waals surface area (Å²) in [7, 11) is -3.55. The Morgan fingerprint density at radius 1 is 1.31 bits per heavy atom. The van der Waals surface area contributed by atoms with Crippen LogP contribution in [0.1, 0.15) is 18.1 Å². The van der Waals surface area contributed by atoms with E-state index in [0.717, 1.165) is 16.5 Å². The van der Waals surface area contributed by atoms with Gasteiger partial charge in [-0.3, -0.25) is 4.18 Å². The lowest BCUT2D eigenvalue weighted by molar-refractivity contribution is 0.345. The third-order valence-corrected chi connectivity index (χ3v) is 3.19. The first kappa shape index (κ1) is 13.2. The molecule has 0 spiro atoms. The van der Waals surface area contributed by atoms with E-state index in [-0.39, 0.29) is 6.61 Å². The summed E-state index contributed by atoms with van der Waals surface area (Å²) in [5.41, 5.74) is 1.78. The zero-order valence-corrected chi connectivity index (χ0v) is 10.5. The van der Waals surface area contributed by atoms with Crippen molar-refractivity contribution in [2.24, 2.45) is 0 Å². The molecule has 0 fully saturated rings. The molecule has 0 saturated carbocycles. The second-order valence-electron chi connectivity index (χ2n) is 3.08. The van der Waals surface area contributed by atoms with Gasteiger partial charge in [-0.2, -0.15) is 8.42 Å². The van der Waals surface area contributed by atoms with E-state index in [4.69, 9.17) is 11.6 Å². The Labute approximate surface area is 101 Å². The fourth-order valence-corrected chi connectivity index (χ4v) is 1.99. The van der Waals surface area contributed by atoms with Gasteiger partial charge in [0, 0.05) is 5.88 Å². The molecule has 5 heteroatoms. The van der Waals surface area contributed by atoms with E-state index in [1.807, 2.05) is 12.1 Å². The number of benzene rings is 1. The van der Waals surface area contributed by atoms with E-state index in [2.05, 4.69) is 4.18 Å². The van der Waals surface area contributed by atoms with Crippen molar-refractivity contribution in [1.29, 1.82) is 0 Å². The third kappa shape index (κ3) is 4.35. The van der Waals surface area contributed by atoms with Gasteiger partial charge in [-0.1, -0.05) is 24.3 Å². The summed E-state index contributed by atoms with van der Waals surface area (Å²) >= 11 is 5.64. The molecule has 1 aromatic carbocycles. The Morgan fingerprint density at radius 2 is 1.94 bits per heavy atom. The summed E-state index contributed by atoms with van der Waals surface area (Å²) in [6.07, 6.45) is 1.49. The molecule has 0 aliphatic carbocycles. The van der Waals surface area contributed by atoms with Crippen molar-refractivity contribution in [3.05, 3.63) is 40.8 Å². The molecule has 0 unspecified atom stereocenters. The minimum absolute atomic E-state index is 0.137. The van der Waals surface area contributed by atoms with E-state index < -0.39 is 10.1 Å². The lowest BCUT2D eigenvalue weighted by Gasteiger charge is -1.98. The van der Waals surface area contributed by atoms with Crippen LogP contribution in [0.3, 0.4) is 0 Å². The molecule has 3 nitrogen and oxygen atoms in total. The van der Waals surface area contributed by atoms with Gasteiger partial charge < -0.3 is 0 Å². The molecule has 1 aromatic rings. The van der Waals surface area contributed by atoms with Crippen LogP contribution in [0.4, 0.5) is 0 Å². The maximum Gasteiger partial charge on any atom is 0.290 e. The SMILES string of the molecule is CCOS(=O)(=O)C=Cc1ccc(CCl)cc1. The zero-order valence-electron chi connectivity index (χ0n) is 8.89. The molecule has 0 radical (unpaired) electrons. The minimum Gasteiger partial charge on any atom is -0.267 e. The van der Waals surface area contributed by atoms with Gasteiger partial charge in [0.2, 0.25) is 0 Å². The molecule has 88 valence electrons. The van der Waals surface area contributed by atoms with Gasteiger partial charge in [0.1, 0.15) is 0 Å². The highest BCUT2D eigenvalue weighted by Crippen LogP contribution is 2.09. The largest absolute Gasteiger partial charge is 0.290 e. The van der Waals surface area contributed by atoms with E-state index in [9.17, 15) is 8.42 Å². The van der Waals surface area contributed by atoms with Crippen molar-refractivity contribution >= 4 is 27.8 Å². The second kappa shape index (κ2) is 6.03. The maximum atomic E-state index is 11.2. The molecule has 0 aliphatic rings. The average Bonchev–Trinajstić information content (AvgIpc) is 2.27. The van der Waals surface area contributed by atoms with Crippen LogP contribution in [-0.4, -0.2) is 15.0 Å². The Balaban J connectivity index is 2.76. The minimum atomic E-state index is -3.55.